The number of nitrogens with two attached hydrogens (primary N) is 2. The van der Waals surface area contributed by atoms with Gasteiger partial charge in [-0.3, -0.25) is 9.97 Å². The summed E-state index contributed by atoms with van der Waals surface area (Å²) in [4.78, 5) is 13.6. The van der Waals surface area contributed by atoms with E-state index in [4.69, 9.17) is 30.4 Å². The lowest BCUT2D eigenvalue weighted by Crippen LogP contribution is -2.26. The predicted octanol–water partition coefficient (Wildman–Crippen LogP) is 4.11. The van der Waals surface area contributed by atoms with Crippen molar-refractivity contribution in [2.45, 2.75) is 38.3 Å². The molecule has 0 bridgehead atoms. The van der Waals surface area contributed by atoms with Crippen LogP contribution in [0.4, 0.5) is 5.82 Å². The highest BCUT2D eigenvalue weighted by atomic mass is 16.5. The minimum Gasteiger partial charge on any atom is -0.493 e. The van der Waals surface area contributed by atoms with Crippen molar-refractivity contribution < 1.29 is 18.9 Å². The van der Waals surface area contributed by atoms with Crippen LogP contribution in [-0.2, 0) is 4.74 Å². The Labute approximate surface area is 209 Å². The van der Waals surface area contributed by atoms with E-state index in [-0.39, 0.29) is 12.1 Å². The molecule has 0 aliphatic carbocycles. The van der Waals surface area contributed by atoms with Crippen molar-refractivity contribution in [2.24, 2.45) is 5.73 Å². The van der Waals surface area contributed by atoms with Crippen molar-refractivity contribution in [2.75, 3.05) is 32.7 Å². The number of nitrogen functional groups attached to an aromatic ring is 1. The number of nitrogens with zero attached hydrogens (tertiary/aromatic N) is 3. The van der Waals surface area contributed by atoms with E-state index in [1.54, 1.807) is 25.7 Å². The lowest BCUT2D eigenvalue weighted by Gasteiger charge is -2.24. The lowest BCUT2D eigenvalue weighted by molar-refractivity contribution is 0.0246. The van der Waals surface area contributed by atoms with Gasteiger partial charge in [-0.15, -0.1) is 0 Å². The maximum atomic E-state index is 6.38. The summed E-state index contributed by atoms with van der Waals surface area (Å²) >= 11 is 0. The first kappa shape index (κ1) is 24.0. The molecule has 3 aromatic heterocycles. The molecule has 0 spiro atoms. The van der Waals surface area contributed by atoms with E-state index < -0.39 is 0 Å². The molecule has 5 rings (SSSR count). The SMILES string of the molecule is CC[C@@H](N)COc1cncc(-c2cc3c(cnc4cc(OC5CCOCC5)c(OC)cc43)c(N)n2)c1. The molecule has 36 heavy (non-hydrogen) atoms. The van der Waals surface area contributed by atoms with Crippen LogP contribution in [0.1, 0.15) is 26.2 Å². The Morgan fingerprint density at radius 2 is 1.86 bits per heavy atom. The molecule has 1 saturated heterocycles. The van der Waals surface area contributed by atoms with Crippen LogP contribution < -0.4 is 25.7 Å². The first-order valence-electron chi connectivity index (χ1n) is 12.2. The average Bonchev–Trinajstić information content (AvgIpc) is 2.91. The van der Waals surface area contributed by atoms with Crippen molar-refractivity contribution in [1.29, 1.82) is 0 Å². The molecule has 9 heteroatoms. The van der Waals surface area contributed by atoms with Crippen LogP contribution in [0, 0.1) is 0 Å². The molecular weight excluding hydrogens is 458 g/mol. The van der Waals surface area contributed by atoms with Crippen LogP contribution in [0.5, 0.6) is 17.2 Å². The molecule has 1 aromatic carbocycles. The fraction of sp³-hybridized carbons (Fsp3) is 0.370. The Morgan fingerprint density at radius 1 is 1.03 bits per heavy atom. The number of rotatable bonds is 8. The van der Waals surface area contributed by atoms with Gasteiger partial charge in [-0.1, -0.05) is 6.92 Å². The minimum absolute atomic E-state index is 0.0303. The number of ether oxygens (including phenoxy) is 4. The van der Waals surface area contributed by atoms with Gasteiger partial charge < -0.3 is 30.4 Å². The van der Waals surface area contributed by atoms with Gasteiger partial charge in [0.15, 0.2) is 11.5 Å². The fourth-order valence-electron chi connectivity index (χ4n) is 4.27. The third-order valence-corrected chi connectivity index (χ3v) is 6.45. The third kappa shape index (κ3) is 4.98. The lowest BCUT2D eigenvalue weighted by atomic mass is 10.0. The summed E-state index contributed by atoms with van der Waals surface area (Å²) in [5.41, 5.74) is 14.6. The average molecular weight is 490 g/mol. The summed E-state index contributed by atoms with van der Waals surface area (Å²) in [6.45, 7) is 3.85. The van der Waals surface area contributed by atoms with Gasteiger partial charge in [0, 0.05) is 53.7 Å². The zero-order valence-corrected chi connectivity index (χ0v) is 20.6. The van der Waals surface area contributed by atoms with Gasteiger partial charge in [0.2, 0.25) is 0 Å². The molecule has 1 aliphatic rings. The molecule has 0 unspecified atom stereocenters. The Kier molecular flexibility index (Phi) is 7.02. The van der Waals surface area contributed by atoms with Gasteiger partial charge in [0.05, 0.1) is 37.7 Å². The van der Waals surface area contributed by atoms with Gasteiger partial charge >= 0.3 is 0 Å². The molecule has 4 heterocycles. The zero-order valence-electron chi connectivity index (χ0n) is 20.6. The summed E-state index contributed by atoms with van der Waals surface area (Å²) in [5, 5.41) is 2.58. The number of hydrogen-bond donors (Lipinski definition) is 2. The monoisotopic (exact) mass is 489 g/mol. The number of anilines is 1. The van der Waals surface area contributed by atoms with E-state index in [0.717, 1.165) is 46.5 Å². The molecule has 0 amide bonds. The van der Waals surface area contributed by atoms with Crippen molar-refractivity contribution in [3.63, 3.8) is 0 Å². The fourth-order valence-corrected chi connectivity index (χ4v) is 4.27. The molecule has 1 aliphatic heterocycles. The first-order chi connectivity index (χ1) is 17.6. The molecule has 0 saturated carbocycles. The van der Waals surface area contributed by atoms with Crippen molar-refractivity contribution in [3.8, 4) is 28.5 Å². The van der Waals surface area contributed by atoms with Gasteiger partial charge in [-0.05, 0) is 30.0 Å². The van der Waals surface area contributed by atoms with Gasteiger partial charge in [0.25, 0.3) is 0 Å². The number of hydrogen-bond acceptors (Lipinski definition) is 9. The smallest absolute Gasteiger partial charge is 0.163 e. The van der Waals surface area contributed by atoms with E-state index in [1.807, 2.05) is 31.2 Å². The zero-order chi connectivity index (χ0) is 25.1. The molecule has 0 radical (unpaired) electrons. The maximum absolute atomic E-state index is 6.38. The maximum Gasteiger partial charge on any atom is 0.163 e. The van der Waals surface area contributed by atoms with E-state index in [9.17, 15) is 0 Å². The van der Waals surface area contributed by atoms with Crippen molar-refractivity contribution in [1.82, 2.24) is 15.0 Å². The van der Waals surface area contributed by atoms with Gasteiger partial charge in [0.1, 0.15) is 24.3 Å². The molecule has 4 N–H and O–H groups in total. The third-order valence-electron chi connectivity index (χ3n) is 6.45. The van der Waals surface area contributed by atoms with Crippen LogP contribution >= 0.6 is 0 Å². The Balaban J connectivity index is 1.55. The van der Waals surface area contributed by atoms with Crippen LogP contribution in [0.15, 0.2) is 42.9 Å². The van der Waals surface area contributed by atoms with E-state index in [0.29, 0.717) is 48.6 Å². The highest BCUT2D eigenvalue weighted by Gasteiger charge is 2.19. The summed E-state index contributed by atoms with van der Waals surface area (Å²) < 4.78 is 23.2. The molecule has 1 fully saturated rings. The molecule has 9 nitrogen and oxygen atoms in total. The summed E-state index contributed by atoms with van der Waals surface area (Å²) in [6, 6.07) is 7.73. The van der Waals surface area contributed by atoms with Crippen LogP contribution in [0.3, 0.4) is 0 Å². The topological polar surface area (TPSA) is 128 Å². The number of pyridine rings is 3. The second kappa shape index (κ2) is 10.5. The Hall–Kier alpha value is -3.69. The standard InChI is InChI=1S/C27H31N5O4/c1-3-17(28)15-35-19-8-16(12-30-13-19)23-9-20-21-10-25(33-2)26(36-18-4-6-34-7-5-18)11-24(21)31-14-22(20)27(29)32-23/h8-14,17-18H,3-7,15,28H2,1-2H3,(H2,29,32)/t17-/m1/s1. The number of aromatic nitrogens is 3. The molecule has 4 aromatic rings. The predicted molar refractivity (Wildman–Crippen MR) is 139 cm³/mol. The second-order valence-electron chi connectivity index (χ2n) is 8.95. The van der Waals surface area contributed by atoms with Crippen LogP contribution in [-0.4, -0.2) is 54.0 Å². The largest absolute Gasteiger partial charge is 0.493 e. The molecule has 188 valence electrons. The van der Waals surface area contributed by atoms with Gasteiger partial charge in [-0.25, -0.2) is 4.98 Å². The summed E-state index contributed by atoms with van der Waals surface area (Å²) in [5.74, 6) is 2.33. The van der Waals surface area contributed by atoms with Crippen molar-refractivity contribution >= 4 is 27.5 Å². The van der Waals surface area contributed by atoms with Crippen molar-refractivity contribution in [3.05, 3.63) is 42.9 Å². The normalized spacial score (nSPS) is 15.2. The summed E-state index contributed by atoms with van der Waals surface area (Å²) in [6.07, 6.45) is 7.77. The van der Waals surface area contributed by atoms with Gasteiger partial charge in [-0.2, -0.15) is 0 Å². The number of methoxy groups -OCH3 is 1. The Bertz CT molecular complexity index is 1370. The number of fused-ring (bicyclic) bond motifs is 3. The van der Waals surface area contributed by atoms with Crippen LogP contribution in [0.2, 0.25) is 0 Å². The highest BCUT2D eigenvalue weighted by Crippen LogP contribution is 2.38. The molecule has 1 atom stereocenters. The quantitative estimate of drug-likeness (QED) is 0.351. The number of benzene rings is 1. The summed E-state index contributed by atoms with van der Waals surface area (Å²) in [7, 11) is 1.64. The van der Waals surface area contributed by atoms with Crippen LogP contribution in [0.25, 0.3) is 32.9 Å². The van der Waals surface area contributed by atoms with E-state index in [1.165, 1.54) is 0 Å². The van der Waals surface area contributed by atoms with E-state index >= 15 is 0 Å². The second-order valence-corrected chi connectivity index (χ2v) is 8.95. The first-order valence-corrected chi connectivity index (χ1v) is 12.2. The van der Waals surface area contributed by atoms with E-state index in [2.05, 4.69) is 15.0 Å². The highest BCUT2D eigenvalue weighted by molar-refractivity contribution is 6.10. The Morgan fingerprint density at radius 3 is 2.64 bits per heavy atom. The molecular formula is C27H31N5O4. The minimum atomic E-state index is -0.0303.